The zero-order valence-electron chi connectivity index (χ0n) is 15.9. The standard InChI is InChI=1S/C21H23Cl2N3O3/c1-11-8-12(4-5-24-11)18-19(17-10-16(20(18)29-17)25-6-7-27)21(28)26-13-2-3-14(22)15(23)9-13/h2-5,8-9,16-20,25,27H,6-7,10H2,1H3,(H,26,28)/t16-,17-,18-,19+,20+/m1/s1. The summed E-state index contributed by atoms with van der Waals surface area (Å²) in [6.45, 7) is 2.50. The van der Waals surface area contributed by atoms with Crippen molar-refractivity contribution in [3.8, 4) is 0 Å². The molecule has 5 atom stereocenters. The summed E-state index contributed by atoms with van der Waals surface area (Å²) < 4.78 is 6.23. The predicted molar refractivity (Wildman–Crippen MR) is 112 cm³/mol. The van der Waals surface area contributed by atoms with Gasteiger partial charge in [-0.25, -0.2) is 0 Å². The quantitative estimate of drug-likeness (QED) is 0.648. The number of amides is 1. The van der Waals surface area contributed by atoms with Crippen LogP contribution in [0.4, 0.5) is 5.69 Å². The molecule has 0 spiro atoms. The highest BCUT2D eigenvalue weighted by atomic mass is 35.5. The van der Waals surface area contributed by atoms with Gasteiger partial charge < -0.3 is 20.5 Å². The number of aromatic nitrogens is 1. The molecule has 0 aliphatic carbocycles. The van der Waals surface area contributed by atoms with Gasteiger partial charge in [0.1, 0.15) is 0 Å². The van der Waals surface area contributed by atoms with Gasteiger partial charge in [-0.05, 0) is 49.2 Å². The highest BCUT2D eigenvalue weighted by Gasteiger charge is 2.57. The first-order valence-corrected chi connectivity index (χ1v) is 10.4. The van der Waals surface area contributed by atoms with Gasteiger partial charge in [-0.2, -0.15) is 0 Å². The van der Waals surface area contributed by atoms with Crippen molar-refractivity contribution in [2.75, 3.05) is 18.5 Å². The van der Waals surface area contributed by atoms with Gasteiger partial charge in [-0.3, -0.25) is 9.78 Å². The van der Waals surface area contributed by atoms with Crippen LogP contribution >= 0.6 is 23.2 Å². The molecule has 154 valence electrons. The summed E-state index contributed by atoms with van der Waals surface area (Å²) in [5.41, 5.74) is 2.54. The van der Waals surface area contributed by atoms with Crippen LogP contribution in [-0.2, 0) is 9.53 Å². The molecule has 2 aliphatic rings. The zero-order chi connectivity index (χ0) is 20.5. The van der Waals surface area contributed by atoms with E-state index >= 15 is 0 Å². The highest BCUT2D eigenvalue weighted by Crippen LogP contribution is 2.49. The number of fused-ring (bicyclic) bond motifs is 2. The number of benzene rings is 1. The monoisotopic (exact) mass is 435 g/mol. The minimum Gasteiger partial charge on any atom is -0.395 e. The Balaban J connectivity index is 1.60. The van der Waals surface area contributed by atoms with Crippen LogP contribution in [0.25, 0.3) is 0 Å². The maximum atomic E-state index is 13.2. The second-order valence-electron chi connectivity index (χ2n) is 7.56. The smallest absolute Gasteiger partial charge is 0.230 e. The molecule has 2 aliphatic heterocycles. The van der Waals surface area contributed by atoms with E-state index in [2.05, 4.69) is 15.6 Å². The van der Waals surface area contributed by atoms with Gasteiger partial charge in [0.2, 0.25) is 5.91 Å². The molecule has 6 nitrogen and oxygen atoms in total. The minimum absolute atomic E-state index is 0.0637. The number of carbonyl (C=O) groups is 1. The maximum absolute atomic E-state index is 13.2. The lowest BCUT2D eigenvalue weighted by atomic mass is 9.73. The first-order chi connectivity index (χ1) is 14.0. The lowest BCUT2D eigenvalue weighted by Crippen LogP contribution is -2.47. The number of hydrogen-bond acceptors (Lipinski definition) is 5. The molecular formula is C21H23Cl2N3O3. The molecule has 3 N–H and O–H groups in total. The number of halogens is 2. The molecule has 8 heteroatoms. The molecule has 2 fully saturated rings. The van der Waals surface area contributed by atoms with E-state index in [1.54, 1.807) is 24.4 Å². The molecule has 0 radical (unpaired) electrons. The number of nitrogens with zero attached hydrogens (tertiary/aromatic N) is 1. The highest BCUT2D eigenvalue weighted by molar-refractivity contribution is 6.42. The van der Waals surface area contributed by atoms with Crippen molar-refractivity contribution in [3.05, 3.63) is 57.8 Å². The van der Waals surface area contributed by atoms with Crippen LogP contribution in [0.1, 0.15) is 23.6 Å². The molecule has 0 saturated carbocycles. The number of aliphatic hydroxyl groups is 1. The van der Waals surface area contributed by atoms with Crippen LogP contribution in [0.3, 0.4) is 0 Å². The van der Waals surface area contributed by atoms with Crippen LogP contribution in [0.15, 0.2) is 36.5 Å². The summed E-state index contributed by atoms with van der Waals surface area (Å²) in [6, 6.07) is 9.10. The van der Waals surface area contributed by atoms with E-state index in [4.69, 9.17) is 33.0 Å². The molecule has 2 aromatic rings. The van der Waals surface area contributed by atoms with Gasteiger partial charge in [0, 0.05) is 36.1 Å². The predicted octanol–water partition coefficient (Wildman–Crippen LogP) is 3.16. The van der Waals surface area contributed by atoms with Crippen molar-refractivity contribution < 1.29 is 14.6 Å². The Morgan fingerprint density at radius 1 is 1.28 bits per heavy atom. The van der Waals surface area contributed by atoms with Crippen LogP contribution in [0.5, 0.6) is 0 Å². The SMILES string of the molecule is Cc1cc([C@H]2[C@H]3O[C@H](C[C@H]3NCCO)[C@@H]2C(=O)Nc2ccc(Cl)c(Cl)c2)ccn1. The van der Waals surface area contributed by atoms with Gasteiger partial charge in [0.25, 0.3) is 0 Å². The van der Waals surface area contributed by atoms with E-state index in [9.17, 15) is 4.79 Å². The van der Waals surface area contributed by atoms with Crippen molar-refractivity contribution in [2.24, 2.45) is 5.92 Å². The summed E-state index contributed by atoms with van der Waals surface area (Å²) in [7, 11) is 0. The number of hydrogen-bond donors (Lipinski definition) is 3. The van der Waals surface area contributed by atoms with Crippen molar-refractivity contribution in [3.63, 3.8) is 0 Å². The van der Waals surface area contributed by atoms with Crippen LogP contribution < -0.4 is 10.6 Å². The van der Waals surface area contributed by atoms with E-state index < -0.39 is 0 Å². The third-order valence-corrected chi connectivity index (χ3v) is 6.41. The van der Waals surface area contributed by atoms with Crippen molar-refractivity contribution in [2.45, 2.75) is 37.5 Å². The van der Waals surface area contributed by atoms with Crippen LogP contribution in [0, 0.1) is 12.8 Å². The Kier molecular flexibility index (Phi) is 6.08. The topological polar surface area (TPSA) is 83.5 Å². The number of pyridine rings is 1. The first kappa shape index (κ1) is 20.6. The fourth-order valence-corrected chi connectivity index (χ4v) is 4.79. The van der Waals surface area contributed by atoms with Gasteiger partial charge in [-0.15, -0.1) is 0 Å². The molecule has 2 saturated heterocycles. The summed E-state index contributed by atoms with van der Waals surface area (Å²) in [6.07, 6.45) is 2.15. The Hall–Kier alpha value is -1.70. The largest absolute Gasteiger partial charge is 0.395 e. The van der Waals surface area contributed by atoms with E-state index in [1.165, 1.54) is 0 Å². The Labute approximate surface area is 179 Å². The van der Waals surface area contributed by atoms with Crippen molar-refractivity contribution in [1.29, 1.82) is 0 Å². The number of carbonyl (C=O) groups excluding carboxylic acids is 1. The van der Waals surface area contributed by atoms with E-state index in [1.807, 2.05) is 19.1 Å². The Bertz CT molecular complexity index is 910. The molecule has 1 amide bonds. The molecule has 3 heterocycles. The molecule has 2 bridgehead atoms. The summed E-state index contributed by atoms with van der Waals surface area (Å²) >= 11 is 12.1. The number of nitrogens with one attached hydrogen (secondary N) is 2. The van der Waals surface area contributed by atoms with Crippen LogP contribution in [-0.4, -0.2) is 47.4 Å². The third-order valence-electron chi connectivity index (χ3n) is 5.67. The van der Waals surface area contributed by atoms with Gasteiger partial charge >= 0.3 is 0 Å². The van der Waals surface area contributed by atoms with E-state index in [0.717, 1.165) is 17.7 Å². The number of ether oxygens (including phenoxy) is 1. The van der Waals surface area contributed by atoms with Gasteiger partial charge in [-0.1, -0.05) is 23.2 Å². The molecule has 1 aromatic carbocycles. The van der Waals surface area contributed by atoms with Gasteiger partial charge in [0.05, 0.1) is 34.8 Å². The lowest BCUT2D eigenvalue weighted by Gasteiger charge is -2.33. The summed E-state index contributed by atoms with van der Waals surface area (Å²) in [5.74, 6) is -0.534. The van der Waals surface area contributed by atoms with E-state index in [-0.39, 0.29) is 42.6 Å². The Morgan fingerprint density at radius 3 is 2.83 bits per heavy atom. The average molecular weight is 436 g/mol. The summed E-state index contributed by atoms with van der Waals surface area (Å²) in [5, 5.41) is 16.3. The zero-order valence-corrected chi connectivity index (χ0v) is 17.5. The van der Waals surface area contributed by atoms with E-state index in [0.29, 0.717) is 22.3 Å². The van der Waals surface area contributed by atoms with Crippen LogP contribution in [0.2, 0.25) is 10.0 Å². The average Bonchev–Trinajstić information content (AvgIpc) is 3.27. The normalized spacial score (nSPS) is 27.9. The van der Waals surface area contributed by atoms with Crippen molar-refractivity contribution in [1.82, 2.24) is 10.3 Å². The van der Waals surface area contributed by atoms with Gasteiger partial charge in [0.15, 0.2) is 0 Å². The third kappa shape index (κ3) is 4.13. The number of rotatable bonds is 6. The number of aliphatic hydroxyl groups excluding tert-OH is 1. The minimum atomic E-state index is -0.330. The molecule has 1 aromatic heterocycles. The second kappa shape index (κ2) is 8.58. The number of anilines is 1. The first-order valence-electron chi connectivity index (χ1n) is 9.66. The molecular weight excluding hydrogens is 413 g/mol. The lowest BCUT2D eigenvalue weighted by molar-refractivity contribution is -0.121. The second-order valence-corrected chi connectivity index (χ2v) is 8.37. The Morgan fingerprint density at radius 2 is 2.10 bits per heavy atom. The number of aryl methyl sites for hydroxylation is 1. The maximum Gasteiger partial charge on any atom is 0.230 e. The van der Waals surface area contributed by atoms with Crippen molar-refractivity contribution >= 4 is 34.8 Å². The molecule has 29 heavy (non-hydrogen) atoms. The molecule has 0 unspecified atom stereocenters. The fraction of sp³-hybridized carbons (Fsp3) is 0.429. The molecule has 4 rings (SSSR count). The fourth-order valence-electron chi connectivity index (χ4n) is 4.49. The summed E-state index contributed by atoms with van der Waals surface area (Å²) in [4.78, 5) is 17.5.